The summed E-state index contributed by atoms with van der Waals surface area (Å²) in [5.74, 6) is 2.81. The number of esters is 1. The molecule has 0 N–H and O–H groups in total. The lowest BCUT2D eigenvalue weighted by molar-refractivity contribution is -0.137. The first kappa shape index (κ1) is 34.7. The Bertz CT molecular complexity index is 1580. The molecule has 6 rings (SSSR count). The largest absolute Gasteiger partial charge is 0.543 e. The highest BCUT2D eigenvalue weighted by molar-refractivity contribution is 7.96. The number of ether oxygens (including phenoxy) is 1. The lowest BCUT2D eigenvalue weighted by Gasteiger charge is -2.57. The van der Waals surface area contributed by atoms with E-state index in [1.807, 2.05) is 0 Å². The van der Waals surface area contributed by atoms with Crippen LogP contribution in [0.15, 0.2) is 70.0 Å². The summed E-state index contributed by atoms with van der Waals surface area (Å²) in [6, 6.07) is 15.0. The summed E-state index contributed by atoms with van der Waals surface area (Å²) < 4.78 is 39.3. The van der Waals surface area contributed by atoms with Crippen molar-refractivity contribution in [3.8, 4) is 5.75 Å². The summed E-state index contributed by atoms with van der Waals surface area (Å²) in [6.45, 7) is 17.3. The first-order chi connectivity index (χ1) is 21.6. The Balaban J connectivity index is 1.45. The van der Waals surface area contributed by atoms with Crippen molar-refractivity contribution in [2.24, 2.45) is 17.8 Å². The first-order valence-electron chi connectivity index (χ1n) is 17.2. The van der Waals surface area contributed by atoms with Crippen LogP contribution in [0.1, 0.15) is 104 Å². The van der Waals surface area contributed by atoms with Crippen molar-refractivity contribution >= 4 is 29.7 Å². The molecule has 0 unspecified atom stereocenters. The van der Waals surface area contributed by atoms with Gasteiger partial charge < -0.3 is 9.16 Å². The number of rotatable bonds is 11. The van der Waals surface area contributed by atoms with E-state index < -0.39 is 24.1 Å². The van der Waals surface area contributed by atoms with Crippen LogP contribution in [0.2, 0.25) is 18.1 Å². The molecule has 0 atom stereocenters. The second-order valence-corrected chi connectivity index (χ2v) is 22.5. The Kier molecular flexibility index (Phi) is 9.88. The van der Waals surface area contributed by atoms with Gasteiger partial charge in [0.05, 0.1) is 11.5 Å². The number of sulfone groups is 1. The molecule has 0 amide bonds. The third kappa shape index (κ3) is 6.96. The van der Waals surface area contributed by atoms with E-state index in [0.717, 1.165) is 29.1 Å². The zero-order valence-electron chi connectivity index (χ0n) is 29.2. The van der Waals surface area contributed by atoms with E-state index in [4.69, 9.17) is 9.16 Å². The molecular weight excluding hydrogens is 609 g/mol. The maximum Gasteiger partial charge on any atom is 0.350 e. The summed E-state index contributed by atoms with van der Waals surface area (Å²) in [7, 11) is -6.05. The van der Waals surface area contributed by atoms with Crippen LogP contribution in [0.4, 0.5) is 0 Å². The molecule has 4 aliphatic carbocycles. The lowest BCUT2D eigenvalue weighted by atomic mass is 9.48. The van der Waals surface area contributed by atoms with Gasteiger partial charge in [-0.3, -0.25) is 0 Å². The minimum atomic E-state index is -4.01. The van der Waals surface area contributed by atoms with Crippen molar-refractivity contribution in [2.45, 2.75) is 121 Å². The zero-order valence-corrected chi connectivity index (χ0v) is 31.1. The molecule has 4 bridgehead atoms. The van der Waals surface area contributed by atoms with Crippen LogP contribution < -0.4 is 4.43 Å². The van der Waals surface area contributed by atoms with Crippen LogP contribution in [-0.4, -0.2) is 29.3 Å². The van der Waals surface area contributed by atoms with Crippen LogP contribution in [-0.2, 0) is 24.8 Å². The van der Waals surface area contributed by atoms with Gasteiger partial charge >= 0.3 is 5.97 Å². The molecule has 0 aliphatic heterocycles. The van der Waals surface area contributed by atoms with Crippen LogP contribution in [0, 0.1) is 17.8 Å². The van der Waals surface area contributed by atoms with Crippen molar-refractivity contribution in [2.75, 3.05) is 6.61 Å². The number of carbonyl (C=O) groups excluding carboxylic acids is 1. The van der Waals surface area contributed by atoms with Gasteiger partial charge in [-0.15, -0.1) is 0 Å². The van der Waals surface area contributed by atoms with Gasteiger partial charge in [-0.05, 0) is 160 Å². The van der Waals surface area contributed by atoms with Gasteiger partial charge in [0.2, 0.25) is 18.2 Å². The van der Waals surface area contributed by atoms with Crippen molar-refractivity contribution in [1.82, 2.24) is 0 Å². The molecule has 7 heteroatoms. The van der Waals surface area contributed by atoms with E-state index in [9.17, 15) is 13.2 Å². The normalized spacial score (nSPS) is 25.3. The molecule has 2 aromatic rings. The van der Waals surface area contributed by atoms with Gasteiger partial charge in [0.25, 0.3) is 0 Å². The highest BCUT2D eigenvalue weighted by Crippen LogP contribution is 2.62. The molecule has 4 aliphatic rings. The minimum Gasteiger partial charge on any atom is -0.543 e. The van der Waals surface area contributed by atoms with E-state index in [0.29, 0.717) is 18.4 Å². The molecule has 0 aromatic heterocycles. The molecule has 5 nitrogen and oxygen atoms in total. The first-order valence-corrected chi connectivity index (χ1v) is 21.6. The summed E-state index contributed by atoms with van der Waals surface area (Å²) in [5, 5.41) is 0.113. The number of hydrogen-bond donors (Lipinski definition) is 0. The summed E-state index contributed by atoms with van der Waals surface area (Å²) in [4.78, 5) is 12.8. The average molecular weight is 663 g/mol. The predicted octanol–water partition coefficient (Wildman–Crippen LogP) is 10.0. The Morgan fingerprint density at radius 3 is 2.09 bits per heavy atom. The van der Waals surface area contributed by atoms with Crippen molar-refractivity contribution in [1.29, 1.82) is 0 Å². The SMILES string of the molecule is CCOC(=O)C(=C(C)CCC=C(C)c1ccc(O[Si](C)(C)C(C)(C)C)c(C23CC4CC(CC(C4)C2)C3)c1)S(=O)(=O)c1ccccc1. The van der Waals surface area contributed by atoms with Crippen molar-refractivity contribution in [3.05, 3.63) is 76.2 Å². The van der Waals surface area contributed by atoms with Crippen molar-refractivity contribution < 1.29 is 22.4 Å². The van der Waals surface area contributed by atoms with E-state index in [2.05, 4.69) is 65.1 Å². The fourth-order valence-corrected chi connectivity index (χ4v) is 10.9. The van der Waals surface area contributed by atoms with E-state index >= 15 is 0 Å². The highest BCUT2D eigenvalue weighted by Gasteiger charge is 2.53. The van der Waals surface area contributed by atoms with Gasteiger partial charge in [-0.1, -0.05) is 51.1 Å². The molecule has 0 saturated heterocycles. The van der Waals surface area contributed by atoms with Gasteiger partial charge in [-0.2, -0.15) is 0 Å². The summed E-state index contributed by atoms with van der Waals surface area (Å²) in [6.07, 6.45) is 11.2. The molecule has 0 radical (unpaired) electrons. The molecule has 0 heterocycles. The number of allylic oxidation sites excluding steroid dienone is 3. The molecule has 250 valence electrons. The number of carbonyl (C=O) groups is 1. The van der Waals surface area contributed by atoms with E-state index in [-0.39, 0.29) is 26.9 Å². The third-order valence-corrected chi connectivity index (χ3v) is 17.6. The van der Waals surface area contributed by atoms with Crippen LogP contribution >= 0.6 is 0 Å². The minimum absolute atomic E-state index is 0.0985. The Morgan fingerprint density at radius 2 is 1.54 bits per heavy atom. The third-order valence-electron chi connectivity index (χ3n) is 11.4. The Hall–Kier alpha value is -2.64. The fraction of sp³-hybridized carbons (Fsp3) is 0.564. The second kappa shape index (κ2) is 13.1. The lowest BCUT2D eigenvalue weighted by Crippen LogP contribution is -2.49. The quantitative estimate of drug-likeness (QED) is 0.136. The number of hydrogen-bond acceptors (Lipinski definition) is 5. The smallest absolute Gasteiger partial charge is 0.350 e. The molecule has 2 aromatic carbocycles. The fourth-order valence-electron chi connectivity index (χ4n) is 8.31. The zero-order chi connectivity index (χ0) is 33.5. The Labute approximate surface area is 278 Å². The molecule has 4 saturated carbocycles. The van der Waals surface area contributed by atoms with E-state index in [1.54, 1.807) is 32.0 Å². The molecule has 0 spiro atoms. The van der Waals surface area contributed by atoms with Crippen LogP contribution in [0.5, 0.6) is 5.75 Å². The summed E-state index contributed by atoms with van der Waals surface area (Å²) >= 11 is 0. The summed E-state index contributed by atoms with van der Waals surface area (Å²) in [5.41, 5.74) is 4.47. The molecule has 46 heavy (non-hydrogen) atoms. The maximum atomic E-state index is 13.5. The second-order valence-electron chi connectivity index (χ2n) is 15.8. The topological polar surface area (TPSA) is 69.7 Å². The standard InChI is InChI=1S/C39H54O5SSi/c1-9-43-37(40)36(45(41,42)33-16-11-10-12-17-33)28(3)15-13-14-27(2)32-18-19-35(44-46(7,8)38(4,5)6)34(23-32)39-24-29-20-30(25-39)22-31(21-29)26-39/h10-12,14,16-19,23,29-31H,9,13,15,20-22,24-26H2,1-8H3. The van der Waals surface area contributed by atoms with Gasteiger partial charge in [-0.25, -0.2) is 13.2 Å². The van der Waals surface area contributed by atoms with Gasteiger partial charge in [0.1, 0.15) is 5.75 Å². The van der Waals surface area contributed by atoms with Crippen LogP contribution in [0.25, 0.3) is 5.57 Å². The highest BCUT2D eigenvalue weighted by atomic mass is 32.2. The van der Waals surface area contributed by atoms with Gasteiger partial charge in [0.15, 0.2) is 4.91 Å². The Morgan fingerprint density at radius 1 is 0.957 bits per heavy atom. The van der Waals surface area contributed by atoms with Crippen LogP contribution in [0.3, 0.4) is 0 Å². The monoisotopic (exact) mass is 662 g/mol. The maximum absolute atomic E-state index is 13.5. The predicted molar refractivity (Wildman–Crippen MR) is 190 cm³/mol. The van der Waals surface area contributed by atoms with Crippen molar-refractivity contribution in [3.63, 3.8) is 0 Å². The molecule has 4 fully saturated rings. The van der Waals surface area contributed by atoms with E-state index in [1.165, 1.54) is 61.8 Å². The molecular formula is C39H54O5SSi. The number of benzene rings is 2. The average Bonchev–Trinajstić information content (AvgIpc) is 2.96. The van der Waals surface area contributed by atoms with Gasteiger partial charge in [0, 0.05) is 0 Å².